The van der Waals surface area contributed by atoms with Crippen LogP contribution in [0.2, 0.25) is 0 Å². The lowest BCUT2D eigenvalue weighted by Gasteiger charge is -2.09. The minimum Gasteiger partial charge on any atom is -0.488 e. The van der Waals surface area contributed by atoms with Crippen molar-refractivity contribution in [3.8, 4) is 11.8 Å². The van der Waals surface area contributed by atoms with Gasteiger partial charge in [0, 0.05) is 11.1 Å². The molecule has 0 aliphatic rings. The Morgan fingerprint density at radius 1 is 0.923 bits per heavy atom. The summed E-state index contributed by atoms with van der Waals surface area (Å²) in [5, 5.41) is 8.82. The third-order valence-electron chi connectivity index (χ3n) is 3.87. The first-order valence-electron chi connectivity index (χ1n) is 8.24. The fourth-order valence-electron chi connectivity index (χ4n) is 2.46. The van der Waals surface area contributed by atoms with Crippen LogP contribution in [0.4, 0.5) is 0 Å². The summed E-state index contributed by atoms with van der Waals surface area (Å²) in [7, 11) is 0. The van der Waals surface area contributed by atoms with Gasteiger partial charge < -0.3 is 4.74 Å². The molecule has 0 N–H and O–H groups in total. The lowest BCUT2D eigenvalue weighted by atomic mass is 10.1. The monoisotopic (exact) mass is 339 g/mol. The molecule has 3 aromatic carbocycles. The zero-order valence-corrected chi connectivity index (χ0v) is 14.1. The SMILES string of the molecule is N#Cc1ccc(C(=O)C=Cc2ccccc2OCc2ccccc2)cc1. The molecule has 0 saturated heterocycles. The molecule has 3 aromatic rings. The van der Waals surface area contributed by atoms with Gasteiger partial charge in [-0.1, -0.05) is 48.5 Å². The van der Waals surface area contributed by atoms with Crippen LogP contribution in [0.5, 0.6) is 5.75 Å². The van der Waals surface area contributed by atoms with Crippen molar-refractivity contribution in [1.82, 2.24) is 0 Å². The zero-order valence-electron chi connectivity index (χ0n) is 14.1. The number of hydrogen-bond acceptors (Lipinski definition) is 3. The predicted octanol–water partition coefficient (Wildman–Crippen LogP) is 5.03. The average molecular weight is 339 g/mol. The van der Waals surface area contributed by atoms with Gasteiger partial charge in [-0.25, -0.2) is 0 Å². The molecule has 3 rings (SSSR count). The van der Waals surface area contributed by atoms with Gasteiger partial charge in [0.1, 0.15) is 12.4 Å². The molecule has 0 amide bonds. The second-order valence-electron chi connectivity index (χ2n) is 5.70. The second-order valence-corrected chi connectivity index (χ2v) is 5.70. The molecule has 0 aliphatic carbocycles. The van der Waals surface area contributed by atoms with Crippen LogP contribution in [0.25, 0.3) is 6.08 Å². The number of ether oxygens (including phenoxy) is 1. The number of nitriles is 1. The van der Waals surface area contributed by atoms with Gasteiger partial charge in [0.25, 0.3) is 0 Å². The Balaban J connectivity index is 1.71. The molecular formula is C23H17NO2. The number of carbonyl (C=O) groups excluding carboxylic acids is 1. The van der Waals surface area contributed by atoms with E-state index in [1.54, 1.807) is 30.3 Å². The maximum atomic E-state index is 12.3. The summed E-state index contributed by atoms with van der Waals surface area (Å²) in [6.45, 7) is 0.468. The van der Waals surface area contributed by atoms with E-state index in [2.05, 4.69) is 0 Å². The van der Waals surface area contributed by atoms with Gasteiger partial charge in [0.2, 0.25) is 0 Å². The minimum atomic E-state index is -0.118. The molecule has 0 fully saturated rings. The number of carbonyl (C=O) groups is 1. The standard InChI is InChI=1S/C23H17NO2/c24-16-18-10-12-20(13-11-18)22(25)15-14-21-8-4-5-9-23(21)26-17-19-6-2-1-3-7-19/h1-15H,17H2. The number of nitrogens with zero attached hydrogens (tertiary/aromatic N) is 1. The molecule has 0 heterocycles. The Kier molecular flexibility index (Phi) is 5.59. The summed E-state index contributed by atoms with van der Waals surface area (Å²) in [5.74, 6) is 0.604. The van der Waals surface area contributed by atoms with Crippen molar-refractivity contribution in [3.63, 3.8) is 0 Å². The molecule has 3 nitrogen and oxygen atoms in total. The van der Waals surface area contributed by atoms with Crippen LogP contribution in [0.1, 0.15) is 27.0 Å². The highest BCUT2D eigenvalue weighted by Gasteiger charge is 2.04. The summed E-state index contributed by atoms with van der Waals surface area (Å²) in [6.07, 6.45) is 3.27. The molecule has 126 valence electrons. The number of rotatable bonds is 6. The first-order valence-corrected chi connectivity index (χ1v) is 8.24. The first kappa shape index (κ1) is 17.2. The van der Waals surface area contributed by atoms with Crippen LogP contribution in [-0.2, 0) is 6.61 Å². The third kappa shape index (κ3) is 4.46. The van der Waals surface area contributed by atoms with Crippen LogP contribution < -0.4 is 4.74 Å². The molecule has 0 radical (unpaired) electrons. The van der Waals surface area contributed by atoms with Crippen molar-refractivity contribution in [1.29, 1.82) is 5.26 Å². The Bertz CT molecular complexity index is 952. The number of para-hydroxylation sites is 1. The Hall–Kier alpha value is -3.64. The van der Waals surface area contributed by atoms with Gasteiger partial charge >= 0.3 is 0 Å². The van der Waals surface area contributed by atoms with Gasteiger partial charge in [-0.15, -0.1) is 0 Å². The third-order valence-corrected chi connectivity index (χ3v) is 3.87. The summed E-state index contributed by atoms with van der Waals surface area (Å²) < 4.78 is 5.89. The Morgan fingerprint density at radius 2 is 1.62 bits per heavy atom. The van der Waals surface area contributed by atoms with E-state index in [9.17, 15) is 4.79 Å². The van der Waals surface area contributed by atoms with Gasteiger partial charge in [0.05, 0.1) is 11.6 Å². The first-order chi connectivity index (χ1) is 12.8. The molecule has 26 heavy (non-hydrogen) atoms. The summed E-state index contributed by atoms with van der Waals surface area (Å²) in [5.41, 5.74) is 3.00. The van der Waals surface area contributed by atoms with Crippen LogP contribution in [0, 0.1) is 11.3 Å². The summed E-state index contributed by atoms with van der Waals surface area (Å²) >= 11 is 0. The van der Waals surface area contributed by atoms with Gasteiger partial charge in [-0.05, 0) is 48.0 Å². The summed E-state index contributed by atoms with van der Waals surface area (Å²) in [4.78, 5) is 12.3. The Labute approximate surface area is 152 Å². The van der Waals surface area contributed by atoms with Crippen molar-refractivity contribution in [3.05, 3.63) is 107 Å². The van der Waals surface area contributed by atoms with Crippen LogP contribution in [0.15, 0.2) is 84.9 Å². The van der Waals surface area contributed by atoms with Gasteiger partial charge in [0.15, 0.2) is 5.78 Å². The van der Waals surface area contributed by atoms with Crippen LogP contribution in [0.3, 0.4) is 0 Å². The Morgan fingerprint density at radius 3 is 2.35 bits per heavy atom. The van der Waals surface area contributed by atoms with Gasteiger partial charge in [-0.3, -0.25) is 4.79 Å². The van der Waals surface area contributed by atoms with E-state index in [1.165, 1.54) is 6.08 Å². The van der Waals surface area contributed by atoms with Crippen molar-refractivity contribution >= 4 is 11.9 Å². The number of allylic oxidation sites excluding steroid dienone is 1. The lowest BCUT2D eigenvalue weighted by molar-refractivity contribution is 0.104. The smallest absolute Gasteiger partial charge is 0.185 e. The molecule has 0 bridgehead atoms. The van der Waals surface area contributed by atoms with Crippen molar-refractivity contribution < 1.29 is 9.53 Å². The van der Waals surface area contributed by atoms with E-state index in [0.717, 1.165) is 16.9 Å². The predicted molar refractivity (Wildman–Crippen MR) is 102 cm³/mol. The van der Waals surface area contributed by atoms with Crippen LogP contribution >= 0.6 is 0 Å². The highest BCUT2D eigenvalue weighted by atomic mass is 16.5. The van der Waals surface area contributed by atoms with Crippen molar-refractivity contribution in [2.24, 2.45) is 0 Å². The molecule has 0 unspecified atom stereocenters. The average Bonchev–Trinajstić information content (AvgIpc) is 2.72. The molecule has 0 aliphatic heterocycles. The second kappa shape index (κ2) is 8.46. The van der Waals surface area contributed by atoms with Crippen LogP contribution in [-0.4, -0.2) is 5.78 Å². The van der Waals surface area contributed by atoms with E-state index in [1.807, 2.05) is 60.7 Å². The van der Waals surface area contributed by atoms with E-state index in [4.69, 9.17) is 10.00 Å². The maximum Gasteiger partial charge on any atom is 0.185 e. The maximum absolute atomic E-state index is 12.3. The fraction of sp³-hybridized carbons (Fsp3) is 0.0435. The molecule has 3 heteroatoms. The van der Waals surface area contributed by atoms with E-state index < -0.39 is 0 Å². The number of ketones is 1. The molecule has 0 spiro atoms. The topological polar surface area (TPSA) is 50.1 Å². The number of benzene rings is 3. The summed E-state index contributed by atoms with van der Waals surface area (Å²) in [6, 6.07) is 26.1. The largest absolute Gasteiger partial charge is 0.488 e. The lowest BCUT2D eigenvalue weighted by Crippen LogP contribution is -1.97. The quantitative estimate of drug-likeness (QED) is 0.467. The molecule has 0 aromatic heterocycles. The van der Waals surface area contributed by atoms with E-state index in [0.29, 0.717) is 17.7 Å². The molecule has 0 saturated carbocycles. The fourth-order valence-corrected chi connectivity index (χ4v) is 2.46. The van der Waals surface area contributed by atoms with E-state index >= 15 is 0 Å². The highest BCUT2D eigenvalue weighted by Crippen LogP contribution is 2.21. The molecule has 0 atom stereocenters. The van der Waals surface area contributed by atoms with Gasteiger partial charge in [-0.2, -0.15) is 5.26 Å². The molecular weight excluding hydrogens is 322 g/mol. The van der Waals surface area contributed by atoms with Crippen molar-refractivity contribution in [2.75, 3.05) is 0 Å². The normalized spacial score (nSPS) is 10.4. The highest BCUT2D eigenvalue weighted by molar-refractivity contribution is 6.07. The number of hydrogen-bond donors (Lipinski definition) is 0. The van der Waals surface area contributed by atoms with E-state index in [-0.39, 0.29) is 5.78 Å². The minimum absolute atomic E-state index is 0.118. The zero-order chi connectivity index (χ0) is 18.2. The van der Waals surface area contributed by atoms with Crippen molar-refractivity contribution in [2.45, 2.75) is 6.61 Å².